The van der Waals surface area contributed by atoms with Crippen molar-refractivity contribution in [3.05, 3.63) is 83.4 Å². The molecule has 1 atom stereocenters. The molecule has 9 nitrogen and oxygen atoms in total. The Morgan fingerprint density at radius 1 is 0.949 bits per heavy atom. The number of amides is 2. The van der Waals surface area contributed by atoms with Crippen LogP contribution in [0.15, 0.2) is 77.7 Å². The zero-order chi connectivity index (χ0) is 28.6. The third kappa shape index (κ3) is 7.21. The first-order valence-corrected chi connectivity index (χ1v) is 14.0. The van der Waals surface area contributed by atoms with E-state index >= 15 is 0 Å². The number of carbonyl (C=O) groups excluding carboxylic acids is 2. The lowest BCUT2D eigenvalue weighted by molar-refractivity contribution is -0.140. The molecule has 208 valence electrons. The Bertz CT molecular complexity index is 1380. The van der Waals surface area contributed by atoms with E-state index in [0.29, 0.717) is 22.9 Å². The molecule has 0 radical (unpaired) electrons. The molecule has 0 heterocycles. The molecule has 2 amide bonds. The summed E-state index contributed by atoms with van der Waals surface area (Å²) in [5.74, 6) is 0.173. The summed E-state index contributed by atoms with van der Waals surface area (Å²) in [4.78, 5) is 28.1. The molecule has 0 saturated carbocycles. The first-order chi connectivity index (χ1) is 18.6. The van der Waals surface area contributed by atoms with E-state index in [0.717, 1.165) is 9.87 Å². The summed E-state index contributed by atoms with van der Waals surface area (Å²) in [6.07, 6.45) is 0.321. The van der Waals surface area contributed by atoms with Crippen LogP contribution in [0.4, 0.5) is 5.69 Å². The molecule has 0 unspecified atom stereocenters. The van der Waals surface area contributed by atoms with E-state index in [1.807, 2.05) is 6.07 Å². The van der Waals surface area contributed by atoms with Crippen molar-refractivity contribution >= 4 is 39.1 Å². The summed E-state index contributed by atoms with van der Waals surface area (Å²) in [6.45, 7) is 1.31. The zero-order valence-electron chi connectivity index (χ0n) is 22.3. The number of ether oxygens (including phenoxy) is 2. The number of halogens is 1. The van der Waals surface area contributed by atoms with Crippen molar-refractivity contribution in [3.8, 4) is 11.5 Å². The number of methoxy groups -OCH3 is 2. The van der Waals surface area contributed by atoms with Gasteiger partial charge in [0.1, 0.15) is 24.1 Å². The van der Waals surface area contributed by atoms with Crippen LogP contribution in [0.2, 0.25) is 5.02 Å². The fourth-order valence-corrected chi connectivity index (χ4v) is 5.60. The number of carbonyl (C=O) groups is 2. The molecule has 0 aliphatic rings. The van der Waals surface area contributed by atoms with Crippen LogP contribution < -0.4 is 19.1 Å². The predicted octanol–water partition coefficient (Wildman–Crippen LogP) is 4.11. The quantitative estimate of drug-likeness (QED) is 0.350. The van der Waals surface area contributed by atoms with E-state index < -0.39 is 28.5 Å². The summed E-state index contributed by atoms with van der Waals surface area (Å²) in [5.41, 5.74) is 0.971. The number of anilines is 1. The van der Waals surface area contributed by atoms with Gasteiger partial charge in [0.25, 0.3) is 10.0 Å². The predicted molar refractivity (Wildman–Crippen MR) is 151 cm³/mol. The summed E-state index contributed by atoms with van der Waals surface area (Å²) in [6, 6.07) is 18.3. The van der Waals surface area contributed by atoms with Gasteiger partial charge in [-0.15, -0.1) is 0 Å². The molecule has 0 aliphatic heterocycles. The highest BCUT2D eigenvalue weighted by molar-refractivity contribution is 7.92. The SMILES string of the molecule is CC[C@H](C(=O)NC)N(Cc1cccc(OC)c1)C(=O)CN(c1ccc(Cl)cc1)S(=O)(=O)c1ccc(OC)cc1. The molecule has 1 N–H and O–H groups in total. The van der Waals surface area contributed by atoms with Crippen molar-refractivity contribution in [2.45, 2.75) is 30.8 Å². The third-order valence-corrected chi connectivity index (χ3v) is 8.20. The zero-order valence-corrected chi connectivity index (χ0v) is 23.8. The lowest BCUT2D eigenvalue weighted by Gasteiger charge is -2.33. The van der Waals surface area contributed by atoms with Crippen LogP contribution in [0, 0.1) is 0 Å². The molecule has 0 aromatic heterocycles. The number of hydrogen-bond donors (Lipinski definition) is 1. The standard InChI is InChI=1S/C28H32ClN3O6S/c1-5-26(28(34)30-2)31(18-20-7-6-8-24(17-20)38-4)27(33)19-32(22-11-9-21(29)10-12-22)39(35,36)25-15-13-23(37-3)14-16-25/h6-17,26H,5,18-19H2,1-4H3,(H,30,34)/t26-/m1/s1. The Kier molecular flexibility index (Phi) is 10.2. The monoisotopic (exact) mass is 573 g/mol. The van der Waals surface area contributed by atoms with Crippen molar-refractivity contribution < 1.29 is 27.5 Å². The number of rotatable bonds is 12. The molecule has 3 rings (SSSR count). The van der Waals surface area contributed by atoms with Crippen molar-refractivity contribution in [3.63, 3.8) is 0 Å². The highest BCUT2D eigenvalue weighted by atomic mass is 35.5. The maximum absolute atomic E-state index is 13.9. The van der Waals surface area contributed by atoms with Crippen molar-refractivity contribution in [2.75, 3.05) is 32.1 Å². The first kappa shape index (κ1) is 29.8. The molecular weight excluding hydrogens is 542 g/mol. The number of benzene rings is 3. The van der Waals surface area contributed by atoms with Crippen LogP contribution in [0.5, 0.6) is 11.5 Å². The maximum Gasteiger partial charge on any atom is 0.264 e. The lowest BCUT2D eigenvalue weighted by Crippen LogP contribution is -2.51. The van der Waals surface area contributed by atoms with Crippen LogP contribution in [0.25, 0.3) is 0 Å². The van der Waals surface area contributed by atoms with Crippen LogP contribution >= 0.6 is 11.6 Å². The van der Waals surface area contributed by atoms with Gasteiger partial charge < -0.3 is 19.7 Å². The van der Waals surface area contributed by atoms with Crippen molar-refractivity contribution in [1.29, 1.82) is 0 Å². The second-order valence-electron chi connectivity index (χ2n) is 8.58. The molecule has 0 fully saturated rings. The summed E-state index contributed by atoms with van der Waals surface area (Å²) >= 11 is 6.05. The number of sulfonamides is 1. The Hall–Kier alpha value is -3.76. The molecule has 3 aromatic carbocycles. The van der Waals surface area contributed by atoms with Crippen LogP contribution in [-0.2, 0) is 26.2 Å². The summed E-state index contributed by atoms with van der Waals surface area (Å²) < 4.78 is 39.1. The van der Waals surface area contributed by atoms with E-state index in [4.69, 9.17) is 21.1 Å². The third-order valence-electron chi connectivity index (χ3n) is 6.16. The summed E-state index contributed by atoms with van der Waals surface area (Å²) in [5, 5.41) is 3.02. The fourth-order valence-electron chi connectivity index (χ4n) is 4.06. The van der Waals surface area contributed by atoms with Gasteiger partial charge in [-0.25, -0.2) is 8.42 Å². The number of nitrogens with one attached hydrogen (secondary N) is 1. The topological polar surface area (TPSA) is 105 Å². The van der Waals surface area contributed by atoms with Gasteiger partial charge in [-0.3, -0.25) is 13.9 Å². The van der Waals surface area contributed by atoms with Gasteiger partial charge in [0.2, 0.25) is 11.8 Å². The minimum atomic E-state index is -4.20. The Morgan fingerprint density at radius 2 is 1.59 bits per heavy atom. The van der Waals surface area contributed by atoms with E-state index in [2.05, 4.69) is 5.32 Å². The Morgan fingerprint density at radius 3 is 2.15 bits per heavy atom. The highest BCUT2D eigenvalue weighted by Crippen LogP contribution is 2.27. The van der Waals surface area contributed by atoms with Gasteiger partial charge in [-0.05, 0) is 72.6 Å². The normalized spacial score (nSPS) is 11.8. The maximum atomic E-state index is 13.9. The molecule has 0 saturated heterocycles. The van der Waals surface area contributed by atoms with Gasteiger partial charge in [-0.2, -0.15) is 0 Å². The molecule has 0 spiro atoms. The van der Waals surface area contributed by atoms with Gasteiger partial charge in [0, 0.05) is 18.6 Å². The summed E-state index contributed by atoms with van der Waals surface area (Å²) in [7, 11) is 0.317. The second kappa shape index (κ2) is 13.3. The average molecular weight is 574 g/mol. The average Bonchev–Trinajstić information content (AvgIpc) is 2.96. The molecule has 0 bridgehead atoms. The molecule has 0 aliphatic carbocycles. The first-order valence-electron chi connectivity index (χ1n) is 12.2. The molecule has 39 heavy (non-hydrogen) atoms. The largest absolute Gasteiger partial charge is 0.497 e. The molecule has 11 heteroatoms. The Balaban J connectivity index is 2.05. The number of nitrogens with zero attached hydrogens (tertiary/aromatic N) is 2. The van der Waals surface area contributed by atoms with Crippen LogP contribution in [0.1, 0.15) is 18.9 Å². The molecular formula is C28H32ClN3O6S. The minimum absolute atomic E-state index is 0.0243. The fraction of sp³-hybridized carbons (Fsp3) is 0.286. The van der Waals surface area contributed by atoms with E-state index in [1.165, 1.54) is 62.6 Å². The smallest absolute Gasteiger partial charge is 0.264 e. The number of likely N-dealkylation sites (N-methyl/N-ethyl adjacent to an activating group) is 1. The van der Waals surface area contributed by atoms with Crippen molar-refractivity contribution in [1.82, 2.24) is 10.2 Å². The van der Waals surface area contributed by atoms with Crippen LogP contribution in [-0.4, -0.2) is 59.0 Å². The van der Waals surface area contributed by atoms with Crippen LogP contribution in [0.3, 0.4) is 0 Å². The van der Waals surface area contributed by atoms with E-state index in [1.54, 1.807) is 37.3 Å². The van der Waals surface area contributed by atoms with E-state index in [-0.39, 0.29) is 23.0 Å². The minimum Gasteiger partial charge on any atom is -0.497 e. The van der Waals surface area contributed by atoms with Gasteiger partial charge >= 0.3 is 0 Å². The van der Waals surface area contributed by atoms with Gasteiger partial charge in [0.05, 0.1) is 24.8 Å². The lowest BCUT2D eigenvalue weighted by atomic mass is 10.1. The van der Waals surface area contributed by atoms with E-state index in [9.17, 15) is 18.0 Å². The highest BCUT2D eigenvalue weighted by Gasteiger charge is 2.33. The number of hydrogen-bond acceptors (Lipinski definition) is 6. The Labute approximate surface area is 234 Å². The molecule has 3 aromatic rings. The van der Waals surface area contributed by atoms with Gasteiger partial charge in [-0.1, -0.05) is 30.7 Å². The van der Waals surface area contributed by atoms with Crippen molar-refractivity contribution in [2.24, 2.45) is 0 Å². The second-order valence-corrected chi connectivity index (χ2v) is 10.9. The van der Waals surface area contributed by atoms with Gasteiger partial charge in [0.15, 0.2) is 0 Å².